The number of likely N-dealkylation sites (tertiary alicyclic amines) is 2. The van der Waals surface area contributed by atoms with Crippen LogP contribution in [0.2, 0.25) is 0 Å². The molecule has 0 bridgehead atoms. The van der Waals surface area contributed by atoms with Crippen molar-refractivity contribution in [2.24, 2.45) is 0 Å². The highest BCUT2D eigenvalue weighted by Crippen LogP contribution is 2.27. The standard InChI is InChI=1S/C21H31N5O3/c27-17-13-18(20(28)24-15-5-2-1-3-6-15)26(14-17)16-7-11-25(12-8-16)21(29)19-22-9-4-10-23-19/h4,9-10,15-18,27H,1-3,5-8,11-14H2,(H,24,28)/t17-,18+/m1/s1. The smallest absolute Gasteiger partial charge is 0.291 e. The second-order valence-electron chi connectivity index (χ2n) is 8.54. The van der Waals surface area contributed by atoms with Crippen molar-refractivity contribution < 1.29 is 14.7 Å². The number of aliphatic hydroxyl groups is 1. The van der Waals surface area contributed by atoms with Crippen LogP contribution in [0.4, 0.5) is 0 Å². The van der Waals surface area contributed by atoms with E-state index in [0.29, 0.717) is 26.1 Å². The third-order valence-corrected chi connectivity index (χ3v) is 6.55. The summed E-state index contributed by atoms with van der Waals surface area (Å²) >= 11 is 0. The first-order valence-corrected chi connectivity index (χ1v) is 10.9. The molecule has 1 saturated carbocycles. The van der Waals surface area contributed by atoms with E-state index in [1.165, 1.54) is 19.3 Å². The number of hydrogen-bond acceptors (Lipinski definition) is 6. The largest absolute Gasteiger partial charge is 0.392 e. The van der Waals surface area contributed by atoms with Crippen LogP contribution in [0, 0.1) is 0 Å². The SMILES string of the molecule is O=C(NC1CCCCC1)[C@@H]1C[C@@H](O)CN1C1CCN(C(=O)c2ncccn2)CC1. The van der Waals surface area contributed by atoms with Crippen molar-refractivity contribution in [3.63, 3.8) is 0 Å². The fraction of sp³-hybridized carbons (Fsp3) is 0.714. The van der Waals surface area contributed by atoms with E-state index in [4.69, 9.17) is 0 Å². The molecule has 2 N–H and O–H groups in total. The van der Waals surface area contributed by atoms with Crippen LogP contribution in [0.3, 0.4) is 0 Å². The van der Waals surface area contributed by atoms with Gasteiger partial charge in [0, 0.05) is 44.1 Å². The number of aromatic nitrogens is 2. The maximum atomic E-state index is 12.9. The Hall–Kier alpha value is -2.06. The molecule has 0 aromatic carbocycles. The van der Waals surface area contributed by atoms with Gasteiger partial charge in [0.05, 0.1) is 12.1 Å². The van der Waals surface area contributed by atoms with Gasteiger partial charge in [-0.25, -0.2) is 9.97 Å². The minimum Gasteiger partial charge on any atom is -0.392 e. The number of nitrogens with zero attached hydrogens (tertiary/aromatic N) is 4. The molecule has 4 rings (SSSR count). The predicted molar refractivity (Wildman–Crippen MR) is 107 cm³/mol. The molecule has 2 saturated heterocycles. The van der Waals surface area contributed by atoms with Crippen LogP contribution < -0.4 is 5.32 Å². The van der Waals surface area contributed by atoms with Crippen LogP contribution in [0.5, 0.6) is 0 Å². The highest BCUT2D eigenvalue weighted by molar-refractivity contribution is 5.90. The highest BCUT2D eigenvalue weighted by Gasteiger charge is 2.41. The van der Waals surface area contributed by atoms with Crippen LogP contribution in [-0.4, -0.2) is 80.6 Å². The second kappa shape index (κ2) is 9.17. The van der Waals surface area contributed by atoms with Gasteiger partial charge in [-0.3, -0.25) is 14.5 Å². The molecule has 0 unspecified atom stereocenters. The van der Waals surface area contributed by atoms with Crippen molar-refractivity contribution in [2.75, 3.05) is 19.6 Å². The summed E-state index contributed by atoms with van der Waals surface area (Å²) in [4.78, 5) is 37.5. The highest BCUT2D eigenvalue weighted by atomic mass is 16.3. The summed E-state index contributed by atoms with van der Waals surface area (Å²) in [5.41, 5.74) is 0. The average molecular weight is 402 g/mol. The molecular formula is C21H31N5O3. The summed E-state index contributed by atoms with van der Waals surface area (Å²) < 4.78 is 0. The molecule has 0 spiro atoms. The molecule has 1 aliphatic carbocycles. The number of nitrogens with one attached hydrogen (secondary N) is 1. The monoisotopic (exact) mass is 401 g/mol. The number of β-amino-alcohol motifs (C(OH)–C–C–N with tert-alkyl or cyclic N) is 1. The molecule has 1 aromatic heterocycles. The summed E-state index contributed by atoms with van der Waals surface area (Å²) in [7, 11) is 0. The lowest BCUT2D eigenvalue weighted by Crippen LogP contribution is -2.53. The Morgan fingerprint density at radius 1 is 1.03 bits per heavy atom. The van der Waals surface area contributed by atoms with E-state index in [9.17, 15) is 14.7 Å². The Labute approximate surface area is 171 Å². The molecular weight excluding hydrogens is 370 g/mol. The van der Waals surface area contributed by atoms with Gasteiger partial charge in [-0.15, -0.1) is 0 Å². The summed E-state index contributed by atoms with van der Waals surface area (Å²) in [6.45, 7) is 1.76. The molecule has 29 heavy (non-hydrogen) atoms. The molecule has 8 nitrogen and oxygen atoms in total. The molecule has 0 radical (unpaired) electrons. The van der Waals surface area contributed by atoms with Crippen LogP contribution in [0.15, 0.2) is 18.5 Å². The van der Waals surface area contributed by atoms with Crippen molar-refractivity contribution in [1.29, 1.82) is 0 Å². The van der Waals surface area contributed by atoms with Crippen molar-refractivity contribution in [3.8, 4) is 0 Å². The Kier molecular flexibility index (Phi) is 6.40. The Morgan fingerprint density at radius 3 is 2.41 bits per heavy atom. The Morgan fingerprint density at radius 2 is 1.72 bits per heavy atom. The van der Waals surface area contributed by atoms with Crippen molar-refractivity contribution in [3.05, 3.63) is 24.3 Å². The summed E-state index contributed by atoms with van der Waals surface area (Å²) in [5.74, 6) is 0.147. The lowest BCUT2D eigenvalue weighted by atomic mass is 9.95. The number of carbonyl (C=O) groups is 2. The van der Waals surface area contributed by atoms with Gasteiger partial charge in [0.25, 0.3) is 5.91 Å². The Balaban J connectivity index is 1.33. The fourth-order valence-electron chi connectivity index (χ4n) is 5.00. The zero-order chi connectivity index (χ0) is 20.2. The number of carbonyl (C=O) groups excluding carboxylic acids is 2. The third kappa shape index (κ3) is 4.75. The number of aliphatic hydroxyl groups excluding tert-OH is 1. The lowest BCUT2D eigenvalue weighted by molar-refractivity contribution is -0.127. The zero-order valence-electron chi connectivity index (χ0n) is 16.9. The first-order chi connectivity index (χ1) is 14.1. The van der Waals surface area contributed by atoms with Crippen LogP contribution in [0.25, 0.3) is 0 Å². The van der Waals surface area contributed by atoms with Gasteiger partial charge in [-0.05, 0) is 38.2 Å². The molecule has 2 aliphatic heterocycles. The van der Waals surface area contributed by atoms with Gasteiger partial charge >= 0.3 is 0 Å². The van der Waals surface area contributed by atoms with Crippen LogP contribution >= 0.6 is 0 Å². The van der Waals surface area contributed by atoms with Gasteiger partial charge in [-0.1, -0.05) is 19.3 Å². The number of rotatable bonds is 4. The van der Waals surface area contributed by atoms with Crippen LogP contribution in [-0.2, 0) is 4.79 Å². The molecule has 2 amide bonds. The molecule has 158 valence electrons. The molecule has 8 heteroatoms. The first-order valence-electron chi connectivity index (χ1n) is 10.9. The van der Waals surface area contributed by atoms with Crippen molar-refractivity contribution >= 4 is 11.8 Å². The summed E-state index contributed by atoms with van der Waals surface area (Å²) in [6.07, 6.45) is 10.5. The number of piperidine rings is 1. The molecule has 3 heterocycles. The van der Waals surface area contributed by atoms with Gasteiger partial charge in [0.15, 0.2) is 0 Å². The van der Waals surface area contributed by atoms with E-state index in [2.05, 4.69) is 20.2 Å². The fourth-order valence-corrected chi connectivity index (χ4v) is 5.00. The number of amides is 2. The molecule has 1 aromatic rings. The minimum absolute atomic E-state index is 0.0599. The van der Waals surface area contributed by atoms with Gasteiger partial charge in [0.2, 0.25) is 11.7 Å². The number of hydrogen-bond donors (Lipinski definition) is 2. The average Bonchev–Trinajstić information content (AvgIpc) is 3.16. The summed E-state index contributed by atoms with van der Waals surface area (Å²) in [6, 6.07) is 1.91. The van der Waals surface area contributed by atoms with E-state index in [-0.39, 0.29) is 35.8 Å². The Bertz CT molecular complexity index is 702. The quantitative estimate of drug-likeness (QED) is 0.780. The normalized spacial score (nSPS) is 27.1. The van der Waals surface area contributed by atoms with E-state index >= 15 is 0 Å². The van der Waals surface area contributed by atoms with Crippen molar-refractivity contribution in [2.45, 2.75) is 75.6 Å². The van der Waals surface area contributed by atoms with E-state index in [1.54, 1.807) is 23.4 Å². The van der Waals surface area contributed by atoms with Gasteiger partial charge in [-0.2, -0.15) is 0 Å². The lowest BCUT2D eigenvalue weighted by Gasteiger charge is -2.39. The second-order valence-corrected chi connectivity index (χ2v) is 8.54. The topological polar surface area (TPSA) is 98.7 Å². The van der Waals surface area contributed by atoms with E-state index in [1.807, 2.05) is 0 Å². The minimum atomic E-state index is -0.463. The molecule has 3 fully saturated rings. The van der Waals surface area contributed by atoms with Crippen molar-refractivity contribution in [1.82, 2.24) is 25.1 Å². The first kappa shape index (κ1) is 20.2. The van der Waals surface area contributed by atoms with Crippen LogP contribution in [0.1, 0.15) is 62.0 Å². The van der Waals surface area contributed by atoms with Gasteiger partial charge < -0.3 is 15.3 Å². The molecule has 3 aliphatic rings. The zero-order valence-corrected chi connectivity index (χ0v) is 16.9. The summed E-state index contributed by atoms with van der Waals surface area (Å²) in [5, 5.41) is 13.5. The third-order valence-electron chi connectivity index (χ3n) is 6.55. The predicted octanol–water partition coefficient (Wildman–Crippen LogP) is 0.965. The van der Waals surface area contributed by atoms with E-state index in [0.717, 1.165) is 25.7 Å². The maximum absolute atomic E-state index is 12.9. The van der Waals surface area contributed by atoms with E-state index < -0.39 is 6.10 Å². The van der Waals surface area contributed by atoms with Gasteiger partial charge in [0.1, 0.15) is 0 Å². The molecule has 2 atom stereocenters. The maximum Gasteiger partial charge on any atom is 0.291 e.